The number of ether oxygens (including phenoxy) is 4. The summed E-state index contributed by atoms with van der Waals surface area (Å²) in [6.45, 7) is 4.09. The number of rotatable bonds is 4. The summed E-state index contributed by atoms with van der Waals surface area (Å²) in [5.74, 6) is -0.703. The van der Waals surface area contributed by atoms with E-state index >= 15 is 0 Å². The zero-order chi connectivity index (χ0) is 14.9. The van der Waals surface area contributed by atoms with Gasteiger partial charge in [-0.15, -0.1) is 0 Å². The summed E-state index contributed by atoms with van der Waals surface area (Å²) in [6, 6.07) is 9.84. The monoisotopic (exact) mass is 293 g/mol. The van der Waals surface area contributed by atoms with Gasteiger partial charge >= 0.3 is 0 Å². The summed E-state index contributed by atoms with van der Waals surface area (Å²) in [6.07, 6.45) is -0.429. The van der Waals surface area contributed by atoms with Gasteiger partial charge in [-0.05, 0) is 19.4 Å². The normalized spacial score (nSPS) is 34.4. The number of hydrogen-bond acceptors (Lipinski definition) is 6. The Balaban J connectivity index is 1.70. The van der Waals surface area contributed by atoms with Gasteiger partial charge in [-0.2, -0.15) is 0 Å². The molecule has 0 spiro atoms. The molecule has 1 N–H and O–H groups in total. The fourth-order valence-electron chi connectivity index (χ4n) is 2.65. The predicted octanol–water partition coefficient (Wildman–Crippen LogP) is 1.91. The van der Waals surface area contributed by atoms with Crippen molar-refractivity contribution in [3.63, 3.8) is 0 Å². The fraction of sp³-hybridized carbons (Fsp3) is 0.533. The highest BCUT2D eigenvalue weighted by Gasteiger charge is 2.55. The third-order valence-corrected chi connectivity index (χ3v) is 3.53. The third kappa shape index (κ3) is 3.08. The molecule has 2 aliphatic heterocycles. The Morgan fingerprint density at radius 3 is 2.76 bits per heavy atom. The second kappa shape index (κ2) is 5.73. The average molecular weight is 293 g/mol. The molecule has 0 aliphatic carbocycles. The van der Waals surface area contributed by atoms with Crippen LogP contribution in [-0.2, 0) is 25.6 Å². The van der Waals surface area contributed by atoms with E-state index in [9.17, 15) is 0 Å². The molecule has 2 saturated heterocycles. The summed E-state index contributed by atoms with van der Waals surface area (Å²) in [5.41, 5.74) is 1.05. The average Bonchev–Trinajstić information content (AvgIpc) is 2.90. The second-order valence-corrected chi connectivity index (χ2v) is 5.59. The summed E-state index contributed by atoms with van der Waals surface area (Å²) in [4.78, 5) is 0. The maximum atomic E-state index is 8.75. The highest BCUT2D eigenvalue weighted by molar-refractivity contribution is 5.64. The Hall–Kier alpha value is -1.47. The van der Waals surface area contributed by atoms with E-state index in [1.807, 2.05) is 44.2 Å². The van der Waals surface area contributed by atoms with E-state index in [1.54, 1.807) is 0 Å². The summed E-state index contributed by atoms with van der Waals surface area (Å²) < 4.78 is 23.1. The van der Waals surface area contributed by atoms with Crippen LogP contribution >= 0.6 is 0 Å². The van der Waals surface area contributed by atoms with E-state index in [0.29, 0.717) is 6.61 Å². The molecule has 6 nitrogen and oxygen atoms in total. The maximum Gasteiger partial charge on any atom is 0.190 e. The van der Waals surface area contributed by atoms with E-state index in [4.69, 9.17) is 24.2 Å². The smallest absolute Gasteiger partial charge is 0.190 e. The molecule has 21 heavy (non-hydrogen) atoms. The molecule has 1 aromatic rings. The zero-order valence-corrected chi connectivity index (χ0v) is 12.0. The van der Waals surface area contributed by atoms with Crippen LogP contribution in [0.2, 0.25) is 0 Å². The summed E-state index contributed by atoms with van der Waals surface area (Å²) >= 11 is 0. The van der Waals surface area contributed by atoms with Crippen LogP contribution in [0.3, 0.4) is 0 Å². The van der Waals surface area contributed by atoms with Crippen molar-refractivity contribution in [1.82, 2.24) is 0 Å². The van der Waals surface area contributed by atoms with Crippen LogP contribution in [0.1, 0.15) is 19.4 Å². The Bertz CT molecular complexity index is 504. The Morgan fingerprint density at radius 1 is 1.29 bits per heavy atom. The van der Waals surface area contributed by atoms with Crippen molar-refractivity contribution in [3.8, 4) is 0 Å². The minimum Gasteiger partial charge on any atom is -0.411 e. The molecule has 0 amide bonds. The summed E-state index contributed by atoms with van der Waals surface area (Å²) in [7, 11) is 0. The number of oxime groups is 1. The van der Waals surface area contributed by atoms with E-state index in [0.717, 1.165) is 5.56 Å². The quantitative estimate of drug-likeness (QED) is 0.521. The molecule has 2 aliphatic rings. The zero-order valence-electron chi connectivity index (χ0n) is 12.0. The lowest BCUT2D eigenvalue weighted by molar-refractivity contribution is -0.210. The van der Waals surface area contributed by atoms with Gasteiger partial charge in [0.2, 0.25) is 0 Å². The first-order chi connectivity index (χ1) is 10.1. The molecule has 2 fully saturated rings. The van der Waals surface area contributed by atoms with Crippen molar-refractivity contribution in [3.05, 3.63) is 35.9 Å². The topological polar surface area (TPSA) is 69.5 Å². The number of nitrogens with zero attached hydrogens (tertiary/aromatic N) is 1. The van der Waals surface area contributed by atoms with Gasteiger partial charge in [0, 0.05) is 0 Å². The molecule has 2 heterocycles. The van der Waals surface area contributed by atoms with Gasteiger partial charge in [-0.25, -0.2) is 0 Å². The van der Waals surface area contributed by atoms with Crippen LogP contribution < -0.4 is 0 Å². The molecule has 0 aromatic heterocycles. The predicted molar refractivity (Wildman–Crippen MR) is 74.0 cm³/mol. The molecule has 0 bridgehead atoms. The maximum absolute atomic E-state index is 8.75. The largest absolute Gasteiger partial charge is 0.411 e. The lowest BCUT2D eigenvalue weighted by Crippen LogP contribution is -2.37. The highest BCUT2D eigenvalue weighted by atomic mass is 16.8. The molecule has 3 rings (SSSR count). The first-order valence-corrected chi connectivity index (χ1v) is 6.93. The Kier molecular flexibility index (Phi) is 3.95. The number of fused-ring (bicyclic) bond motifs is 1. The van der Waals surface area contributed by atoms with Crippen LogP contribution in [0.5, 0.6) is 0 Å². The standard InChI is InChI=1S/C15H19NO5/c1-15(2)20-13-12(11(8-16-17)19-14(13)21-15)18-9-10-6-4-3-5-7-10/h3-8,11-14,17H,9H2,1-2H3/t11-,12+,13-,14-/m1/s1. The van der Waals surface area contributed by atoms with E-state index in [-0.39, 0.29) is 12.2 Å². The molecule has 114 valence electrons. The lowest BCUT2D eigenvalue weighted by atomic mass is 10.1. The van der Waals surface area contributed by atoms with Crippen molar-refractivity contribution in [2.75, 3.05) is 0 Å². The van der Waals surface area contributed by atoms with Crippen LogP contribution in [0, 0.1) is 0 Å². The van der Waals surface area contributed by atoms with Crippen LogP contribution in [0.4, 0.5) is 0 Å². The van der Waals surface area contributed by atoms with Gasteiger partial charge in [0.25, 0.3) is 0 Å². The van der Waals surface area contributed by atoms with E-state index in [2.05, 4.69) is 5.16 Å². The first-order valence-electron chi connectivity index (χ1n) is 6.93. The number of benzene rings is 1. The van der Waals surface area contributed by atoms with Crippen molar-refractivity contribution in [2.24, 2.45) is 5.16 Å². The molecule has 0 unspecified atom stereocenters. The lowest BCUT2D eigenvalue weighted by Gasteiger charge is -2.24. The van der Waals surface area contributed by atoms with Crippen molar-refractivity contribution in [2.45, 2.75) is 50.8 Å². The van der Waals surface area contributed by atoms with Crippen LogP contribution in [-0.4, -0.2) is 41.8 Å². The van der Waals surface area contributed by atoms with Gasteiger partial charge < -0.3 is 24.2 Å². The summed E-state index contributed by atoms with van der Waals surface area (Å²) in [5, 5.41) is 11.8. The highest BCUT2D eigenvalue weighted by Crippen LogP contribution is 2.38. The van der Waals surface area contributed by atoms with Gasteiger partial charge in [0.15, 0.2) is 12.1 Å². The minimum absolute atomic E-state index is 0.341. The molecule has 0 saturated carbocycles. The first kappa shape index (κ1) is 14.5. The Labute approximate surface area is 123 Å². The minimum atomic E-state index is -0.703. The van der Waals surface area contributed by atoms with Crippen molar-refractivity contribution < 1.29 is 24.2 Å². The van der Waals surface area contributed by atoms with Gasteiger partial charge in [0.05, 0.1) is 12.8 Å². The number of hydrogen-bond donors (Lipinski definition) is 1. The Morgan fingerprint density at radius 2 is 2.05 bits per heavy atom. The molecular formula is C15H19NO5. The van der Waals surface area contributed by atoms with Crippen LogP contribution in [0.25, 0.3) is 0 Å². The van der Waals surface area contributed by atoms with Gasteiger partial charge in [-0.1, -0.05) is 35.5 Å². The van der Waals surface area contributed by atoms with Gasteiger partial charge in [-0.3, -0.25) is 0 Å². The van der Waals surface area contributed by atoms with E-state index in [1.165, 1.54) is 6.21 Å². The van der Waals surface area contributed by atoms with Crippen LogP contribution in [0.15, 0.2) is 35.5 Å². The molecular weight excluding hydrogens is 274 g/mol. The van der Waals surface area contributed by atoms with E-state index < -0.39 is 18.2 Å². The van der Waals surface area contributed by atoms with Gasteiger partial charge in [0.1, 0.15) is 18.3 Å². The molecule has 0 radical (unpaired) electrons. The molecule has 6 heteroatoms. The van der Waals surface area contributed by atoms with Crippen molar-refractivity contribution in [1.29, 1.82) is 0 Å². The molecule has 1 aromatic carbocycles. The SMILES string of the molecule is CC1(C)O[C@H]2O[C@H](C=NO)[C@H](OCc3ccccc3)[C@H]2O1. The molecule has 4 atom stereocenters. The van der Waals surface area contributed by atoms with Crippen molar-refractivity contribution >= 4 is 6.21 Å². The second-order valence-electron chi connectivity index (χ2n) is 5.59. The fourth-order valence-corrected chi connectivity index (χ4v) is 2.65. The third-order valence-electron chi connectivity index (χ3n) is 3.53.